The molecule has 0 saturated heterocycles. The summed E-state index contributed by atoms with van der Waals surface area (Å²) in [6, 6.07) is 5.80. The Morgan fingerprint density at radius 3 is 2.52 bits per heavy atom. The summed E-state index contributed by atoms with van der Waals surface area (Å²) >= 11 is 0. The molecule has 1 aromatic carbocycles. The number of carbonyl (C=O) groups excluding carboxylic acids is 1. The van der Waals surface area contributed by atoms with Gasteiger partial charge in [-0.3, -0.25) is 9.78 Å². The zero-order valence-corrected chi connectivity index (χ0v) is 11.9. The van der Waals surface area contributed by atoms with Gasteiger partial charge in [0.05, 0.1) is 7.11 Å². The van der Waals surface area contributed by atoms with Crippen LogP contribution in [0.5, 0.6) is 5.75 Å². The SMILES string of the molecule is COc1cc(/C=C/C(=O)c2ccc(C(F)(F)F)nc2)ccc1F. The van der Waals surface area contributed by atoms with Gasteiger partial charge < -0.3 is 4.74 Å². The Balaban J connectivity index is 2.15. The third kappa shape index (κ3) is 4.15. The summed E-state index contributed by atoms with van der Waals surface area (Å²) in [4.78, 5) is 15.1. The van der Waals surface area contributed by atoms with E-state index in [1.165, 1.54) is 31.4 Å². The minimum Gasteiger partial charge on any atom is -0.494 e. The van der Waals surface area contributed by atoms with E-state index in [0.717, 1.165) is 24.4 Å². The van der Waals surface area contributed by atoms with Gasteiger partial charge in [-0.15, -0.1) is 0 Å². The van der Waals surface area contributed by atoms with Gasteiger partial charge in [-0.2, -0.15) is 13.2 Å². The highest BCUT2D eigenvalue weighted by Gasteiger charge is 2.32. The van der Waals surface area contributed by atoms with Gasteiger partial charge in [0, 0.05) is 11.8 Å². The van der Waals surface area contributed by atoms with Crippen LogP contribution in [0.4, 0.5) is 17.6 Å². The number of methoxy groups -OCH3 is 1. The number of carbonyl (C=O) groups is 1. The van der Waals surface area contributed by atoms with Crippen LogP contribution in [0.3, 0.4) is 0 Å². The molecular formula is C16H11F4NO2. The van der Waals surface area contributed by atoms with E-state index in [-0.39, 0.29) is 11.3 Å². The van der Waals surface area contributed by atoms with Crippen molar-refractivity contribution in [3.63, 3.8) is 0 Å². The van der Waals surface area contributed by atoms with Crippen molar-refractivity contribution < 1.29 is 27.1 Å². The summed E-state index contributed by atoms with van der Waals surface area (Å²) in [5, 5.41) is 0. The molecule has 2 aromatic rings. The van der Waals surface area contributed by atoms with Crippen LogP contribution in [0.2, 0.25) is 0 Å². The monoisotopic (exact) mass is 325 g/mol. The van der Waals surface area contributed by atoms with E-state index in [4.69, 9.17) is 4.74 Å². The molecule has 0 bridgehead atoms. The van der Waals surface area contributed by atoms with Crippen molar-refractivity contribution in [3.05, 3.63) is 65.2 Å². The molecule has 0 fully saturated rings. The topological polar surface area (TPSA) is 39.2 Å². The van der Waals surface area contributed by atoms with E-state index in [9.17, 15) is 22.4 Å². The zero-order valence-electron chi connectivity index (χ0n) is 11.9. The molecule has 2 rings (SSSR count). The average Bonchev–Trinajstić information content (AvgIpc) is 2.53. The number of hydrogen-bond donors (Lipinski definition) is 0. The second kappa shape index (κ2) is 6.60. The predicted octanol–water partition coefficient (Wildman–Crippen LogP) is 4.14. The van der Waals surface area contributed by atoms with Crippen LogP contribution in [0, 0.1) is 5.82 Å². The van der Waals surface area contributed by atoms with E-state index in [1.807, 2.05) is 0 Å². The first-order chi connectivity index (χ1) is 10.8. The van der Waals surface area contributed by atoms with Crippen molar-refractivity contribution in [2.24, 2.45) is 0 Å². The Bertz CT molecular complexity index is 737. The molecule has 23 heavy (non-hydrogen) atoms. The Morgan fingerprint density at radius 1 is 1.22 bits per heavy atom. The molecule has 120 valence electrons. The lowest BCUT2D eigenvalue weighted by molar-refractivity contribution is -0.141. The van der Waals surface area contributed by atoms with Gasteiger partial charge in [-0.1, -0.05) is 12.1 Å². The van der Waals surface area contributed by atoms with Crippen molar-refractivity contribution in [2.75, 3.05) is 7.11 Å². The highest BCUT2D eigenvalue weighted by atomic mass is 19.4. The molecule has 0 radical (unpaired) electrons. The van der Waals surface area contributed by atoms with Crippen LogP contribution in [-0.2, 0) is 6.18 Å². The highest BCUT2D eigenvalue weighted by molar-refractivity contribution is 6.06. The Hall–Kier alpha value is -2.70. The van der Waals surface area contributed by atoms with Crippen molar-refractivity contribution in [1.29, 1.82) is 0 Å². The number of nitrogens with zero attached hydrogens (tertiary/aromatic N) is 1. The lowest BCUT2D eigenvalue weighted by atomic mass is 10.1. The normalized spacial score (nSPS) is 11.7. The molecule has 1 heterocycles. The average molecular weight is 325 g/mol. The van der Waals surface area contributed by atoms with E-state index >= 15 is 0 Å². The van der Waals surface area contributed by atoms with Crippen LogP contribution >= 0.6 is 0 Å². The third-order valence-electron chi connectivity index (χ3n) is 2.94. The van der Waals surface area contributed by atoms with Crippen molar-refractivity contribution >= 4 is 11.9 Å². The van der Waals surface area contributed by atoms with Crippen molar-refractivity contribution in [3.8, 4) is 5.75 Å². The lowest BCUT2D eigenvalue weighted by Gasteiger charge is -2.05. The molecule has 0 aliphatic rings. The van der Waals surface area contributed by atoms with Crippen LogP contribution in [-0.4, -0.2) is 17.9 Å². The summed E-state index contributed by atoms with van der Waals surface area (Å²) in [5.74, 6) is -1.03. The Kier molecular flexibility index (Phi) is 4.78. The van der Waals surface area contributed by atoms with E-state index in [2.05, 4.69) is 4.98 Å². The number of alkyl halides is 3. The number of ketones is 1. The molecule has 0 saturated carbocycles. The summed E-state index contributed by atoms with van der Waals surface area (Å²) in [5.41, 5.74) is -0.541. The molecule has 0 aliphatic carbocycles. The maximum absolute atomic E-state index is 13.3. The molecule has 7 heteroatoms. The molecule has 0 aliphatic heterocycles. The lowest BCUT2D eigenvalue weighted by Crippen LogP contribution is -2.08. The van der Waals surface area contributed by atoms with Gasteiger partial charge in [0.15, 0.2) is 17.3 Å². The fourth-order valence-electron chi connectivity index (χ4n) is 1.76. The fourth-order valence-corrected chi connectivity index (χ4v) is 1.76. The minimum atomic E-state index is -4.55. The largest absolute Gasteiger partial charge is 0.494 e. The van der Waals surface area contributed by atoms with Gasteiger partial charge in [0.2, 0.25) is 0 Å². The molecule has 0 spiro atoms. The molecule has 3 nitrogen and oxygen atoms in total. The first kappa shape index (κ1) is 16.7. The van der Waals surface area contributed by atoms with Gasteiger partial charge in [-0.05, 0) is 35.9 Å². The van der Waals surface area contributed by atoms with E-state index in [1.54, 1.807) is 0 Å². The number of allylic oxidation sites excluding steroid dienone is 1. The number of benzene rings is 1. The highest BCUT2D eigenvalue weighted by Crippen LogP contribution is 2.27. The molecule has 0 unspecified atom stereocenters. The second-order valence-electron chi connectivity index (χ2n) is 4.52. The third-order valence-corrected chi connectivity index (χ3v) is 2.94. The zero-order chi connectivity index (χ0) is 17.0. The standard InChI is InChI=1S/C16H11F4NO2/c1-23-14-8-10(2-5-12(14)17)3-6-13(22)11-4-7-15(21-9-11)16(18,19)20/h2-9H,1H3/b6-3+. The van der Waals surface area contributed by atoms with Crippen molar-refractivity contribution in [2.45, 2.75) is 6.18 Å². The predicted molar refractivity (Wildman–Crippen MR) is 75.6 cm³/mol. The van der Waals surface area contributed by atoms with E-state index in [0.29, 0.717) is 5.56 Å². The maximum Gasteiger partial charge on any atom is 0.433 e. The number of halogens is 4. The minimum absolute atomic E-state index is 0.0170. The second-order valence-corrected chi connectivity index (χ2v) is 4.52. The van der Waals surface area contributed by atoms with Gasteiger partial charge in [0.1, 0.15) is 5.69 Å². The number of aromatic nitrogens is 1. The van der Waals surface area contributed by atoms with Crippen LogP contribution in [0.1, 0.15) is 21.6 Å². The van der Waals surface area contributed by atoms with Crippen LogP contribution in [0.15, 0.2) is 42.6 Å². The van der Waals surface area contributed by atoms with Crippen LogP contribution < -0.4 is 4.74 Å². The fraction of sp³-hybridized carbons (Fsp3) is 0.125. The smallest absolute Gasteiger partial charge is 0.433 e. The first-order valence-corrected chi connectivity index (χ1v) is 6.40. The molecule has 1 aromatic heterocycles. The summed E-state index contributed by atoms with van der Waals surface area (Å²) in [7, 11) is 1.31. The number of pyridine rings is 1. The number of hydrogen-bond acceptors (Lipinski definition) is 3. The van der Waals surface area contributed by atoms with E-state index < -0.39 is 23.5 Å². The molecule has 0 amide bonds. The summed E-state index contributed by atoms with van der Waals surface area (Å²) in [6.45, 7) is 0. The Morgan fingerprint density at radius 2 is 1.96 bits per heavy atom. The van der Waals surface area contributed by atoms with Gasteiger partial charge >= 0.3 is 6.18 Å². The summed E-state index contributed by atoms with van der Waals surface area (Å²) in [6.07, 6.45) is -1.12. The maximum atomic E-state index is 13.3. The number of rotatable bonds is 4. The van der Waals surface area contributed by atoms with Gasteiger partial charge in [-0.25, -0.2) is 4.39 Å². The molecule has 0 atom stereocenters. The van der Waals surface area contributed by atoms with Gasteiger partial charge in [0.25, 0.3) is 0 Å². The molecular weight excluding hydrogens is 314 g/mol. The van der Waals surface area contributed by atoms with Crippen LogP contribution in [0.25, 0.3) is 6.08 Å². The first-order valence-electron chi connectivity index (χ1n) is 6.40. The number of ether oxygens (including phenoxy) is 1. The van der Waals surface area contributed by atoms with Crippen molar-refractivity contribution in [1.82, 2.24) is 4.98 Å². The Labute approximate surface area is 129 Å². The summed E-state index contributed by atoms with van der Waals surface area (Å²) < 4.78 is 55.2. The quantitative estimate of drug-likeness (QED) is 0.482. The molecule has 0 N–H and O–H groups in total.